The summed E-state index contributed by atoms with van der Waals surface area (Å²) < 4.78 is 31.5. The summed E-state index contributed by atoms with van der Waals surface area (Å²) in [5.74, 6) is 2.31. The Kier molecular flexibility index (Phi) is 5.50. The first-order valence-electron chi connectivity index (χ1n) is 9.98. The normalized spacial score (nSPS) is 23.0. The zero-order chi connectivity index (χ0) is 20.4. The van der Waals surface area contributed by atoms with Crippen LogP contribution in [0.3, 0.4) is 0 Å². The number of benzene rings is 2. The lowest BCUT2D eigenvalue weighted by Crippen LogP contribution is -2.45. The molecule has 2 aliphatic rings. The molecule has 6 nitrogen and oxygen atoms in total. The maximum Gasteiger partial charge on any atom is 0.241 e. The van der Waals surface area contributed by atoms with Gasteiger partial charge in [0.2, 0.25) is 15.9 Å². The molecule has 2 aliphatic carbocycles. The Hall–Kier alpha value is -2.54. The van der Waals surface area contributed by atoms with Gasteiger partial charge in [-0.2, -0.15) is 0 Å². The van der Waals surface area contributed by atoms with E-state index >= 15 is 0 Å². The van der Waals surface area contributed by atoms with Crippen LogP contribution in [0.25, 0.3) is 0 Å². The Morgan fingerprint density at radius 2 is 1.72 bits per heavy atom. The maximum absolute atomic E-state index is 12.6. The van der Waals surface area contributed by atoms with Gasteiger partial charge in [0.05, 0.1) is 11.9 Å². The van der Waals surface area contributed by atoms with Crippen molar-refractivity contribution in [1.29, 1.82) is 0 Å². The van der Waals surface area contributed by atoms with Crippen LogP contribution in [-0.4, -0.2) is 33.2 Å². The van der Waals surface area contributed by atoms with E-state index in [9.17, 15) is 13.2 Å². The Morgan fingerprint density at radius 1 is 1.03 bits per heavy atom. The zero-order valence-electron chi connectivity index (χ0n) is 16.5. The number of para-hydroxylation sites is 1. The van der Waals surface area contributed by atoms with E-state index in [0.717, 1.165) is 23.4 Å². The van der Waals surface area contributed by atoms with Crippen LogP contribution >= 0.6 is 0 Å². The largest absolute Gasteiger partial charge is 0.457 e. The molecule has 29 heavy (non-hydrogen) atoms. The van der Waals surface area contributed by atoms with Crippen molar-refractivity contribution < 1.29 is 17.9 Å². The van der Waals surface area contributed by atoms with Crippen molar-refractivity contribution in [2.45, 2.75) is 31.7 Å². The second-order valence-electron chi connectivity index (χ2n) is 8.03. The maximum atomic E-state index is 12.6. The molecular weight excluding hydrogens is 388 g/mol. The quantitative estimate of drug-likeness (QED) is 0.752. The monoisotopic (exact) mass is 414 g/mol. The molecule has 2 aromatic carbocycles. The molecule has 154 valence electrons. The van der Waals surface area contributed by atoms with E-state index in [4.69, 9.17) is 4.74 Å². The van der Waals surface area contributed by atoms with Gasteiger partial charge >= 0.3 is 0 Å². The lowest BCUT2D eigenvalue weighted by Gasteiger charge is -2.26. The minimum atomic E-state index is -3.60. The highest BCUT2D eigenvalue weighted by atomic mass is 32.2. The van der Waals surface area contributed by atoms with Crippen molar-refractivity contribution in [2.24, 2.45) is 11.8 Å². The summed E-state index contributed by atoms with van der Waals surface area (Å²) in [5, 5.41) is 3.06. The number of hydrogen-bond acceptors (Lipinski definition) is 4. The molecule has 3 atom stereocenters. The van der Waals surface area contributed by atoms with Crippen LogP contribution in [0.1, 0.15) is 25.7 Å². The number of carbonyl (C=O) groups is 1. The van der Waals surface area contributed by atoms with Gasteiger partial charge in [-0.1, -0.05) is 24.6 Å². The first-order chi connectivity index (χ1) is 13.9. The van der Waals surface area contributed by atoms with Gasteiger partial charge in [-0.3, -0.25) is 9.10 Å². The number of amides is 1. The molecular formula is C22H26N2O4S. The topological polar surface area (TPSA) is 75.7 Å². The molecule has 0 aliphatic heterocycles. The number of nitrogens with zero attached hydrogens (tertiary/aromatic N) is 1. The third-order valence-electron chi connectivity index (χ3n) is 5.88. The number of ether oxygens (including phenoxy) is 1. The van der Waals surface area contributed by atoms with E-state index in [1.54, 1.807) is 24.3 Å². The standard InChI is InChI=1S/C22H26N2O4S/c1-29(26,27)24(15-22(25)23-21-14-16-7-8-17(21)13-16)18-9-11-20(12-10-18)28-19-5-3-2-4-6-19/h2-6,9-12,16-17,21H,7-8,13-15H2,1H3,(H,23,25)/t16-,17-,21+/m0/s1. The molecule has 0 aromatic heterocycles. The smallest absolute Gasteiger partial charge is 0.241 e. The highest BCUT2D eigenvalue weighted by Gasteiger charge is 2.40. The first-order valence-corrected chi connectivity index (χ1v) is 11.8. The molecule has 2 bridgehead atoms. The number of fused-ring (bicyclic) bond motifs is 2. The van der Waals surface area contributed by atoms with Crippen molar-refractivity contribution in [3.8, 4) is 11.5 Å². The fraction of sp³-hybridized carbons (Fsp3) is 0.409. The highest BCUT2D eigenvalue weighted by Crippen LogP contribution is 2.44. The van der Waals surface area contributed by atoms with Gasteiger partial charge < -0.3 is 10.1 Å². The van der Waals surface area contributed by atoms with Crippen molar-refractivity contribution >= 4 is 21.6 Å². The summed E-state index contributed by atoms with van der Waals surface area (Å²) in [6.45, 7) is -0.217. The fourth-order valence-electron chi connectivity index (χ4n) is 4.51. The van der Waals surface area contributed by atoms with Crippen molar-refractivity contribution in [2.75, 3.05) is 17.1 Å². The molecule has 4 rings (SSSR count). The predicted octanol–water partition coefficient (Wildman–Crippen LogP) is 3.55. The highest BCUT2D eigenvalue weighted by molar-refractivity contribution is 7.92. The molecule has 2 saturated carbocycles. The second kappa shape index (κ2) is 8.06. The molecule has 0 unspecified atom stereocenters. The summed E-state index contributed by atoms with van der Waals surface area (Å²) >= 11 is 0. The van der Waals surface area contributed by atoms with Gasteiger partial charge in [0.25, 0.3) is 0 Å². The minimum absolute atomic E-state index is 0.185. The van der Waals surface area contributed by atoms with E-state index in [0.29, 0.717) is 29.0 Å². The number of nitrogens with one attached hydrogen (secondary N) is 1. The van der Waals surface area contributed by atoms with E-state index in [2.05, 4.69) is 5.32 Å². The van der Waals surface area contributed by atoms with Crippen LogP contribution in [0.5, 0.6) is 11.5 Å². The lowest BCUT2D eigenvalue weighted by molar-refractivity contribution is -0.120. The van der Waals surface area contributed by atoms with E-state index in [-0.39, 0.29) is 18.5 Å². The van der Waals surface area contributed by atoms with Gasteiger partial charge in [-0.15, -0.1) is 0 Å². The Labute approximate surface area is 171 Å². The molecule has 1 N–H and O–H groups in total. The number of rotatable bonds is 7. The fourth-order valence-corrected chi connectivity index (χ4v) is 5.37. The minimum Gasteiger partial charge on any atom is -0.457 e. The number of anilines is 1. The first kappa shape index (κ1) is 19.8. The molecule has 0 spiro atoms. The van der Waals surface area contributed by atoms with Crippen molar-refractivity contribution in [1.82, 2.24) is 5.32 Å². The summed E-state index contributed by atoms with van der Waals surface area (Å²) in [6.07, 6.45) is 5.73. The number of sulfonamides is 1. The van der Waals surface area contributed by atoms with E-state index < -0.39 is 10.0 Å². The van der Waals surface area contributed by atoms with Crippen molar-refractivity contribution in [3.05, 3.63) is 54.6 Å². The Balaban J connectivity index is 1.43. The number of carbonyl (C=O) groups excluding carboxylic acids is 1. The summed E-state index contributed by atoms with van der Waals surface area (Å²) in [7, 11) is -3.60. The van der Waals surface area contributed by atoms with Gasteiger partial charge in [0.1, 0.15) is 18.0 Å². The average molecular weight is 415 g/mol. The molecule has 1 amide bonds. The van der Waals surface area contributed by atoms with Crippen LogP contribution in [-0.2, 0) is 14.8 Å². The van der Waals surface area contributed by atoms with Gasteiger partial charge in [-0.25, -0.2) is 8.42 Å². The third kappa shape index (κ3) is 4.72. The third-order valence-corrected chi connectivity index (χ3v) is 7.02. The van der Waals surface area contributed by atoms with Gasteiger partial charge in [0, 0.05) is 6.04 Å². The van der Waals surface area contributed by atoms with Crippen molar-refractivity contribution in [3.63, 3.8) is 0 Å². The molecule has 2 aromatic rings. The summed E-state index contributed by atoms with van der Waals surface area (Å²) in [5.41, 5.74) is 0.441. The van der Waals surface area contributed by atoms with E-state index in [1.165, 1.54) is 12.8 Å². The predicted molar refractivity (Wildman–Crippen MR) is 113 cm³/mol. The molecule has 2 fully saturated rings. The van der Waals surface area contributed by atoms with Crippen LogP contribution < -0.4 is 14.4 Å². The summed E-state index contributed by atoms with van der Waals surface area (Å²) in [4.78, 5) is 12.6. The van der Waals surface area contributed by atoms with Crippen LogP contribution in [0.2, 0.25) is 0 Å². The summed E-state index contributed by atoms with van der Waals surface area (Å²) in [6, 6.07) is 16.3. The molecule has 0 heterocycles. The van der Waals surface area contributed by atoms with E-state index in [1.807, 2.05) is 30.3 Å². The average Bonchev–Trinajstić information content (AvgIpc) is 3.30. The molecule has 0 radical (unpaired) electrons. The van der Waals surface area contributed by atoms with Crippen LogP contribution in [0.15, 0.2) is 54.6 Å². The Morgan fingerprint density at radius 3 is 2.31 bits per heavy atom. The molecule has 7 heteroatoms. The van der Waals surface area contributed by atoms with Gasteiger partial charge in [-0.05, 0) is 67.5 Å². The SMILES string of the molecule is CS(=O)(=O)N(CC(=O)N[C@@H]1C[C@H]2CC[C@H]1C2)c1ccc(Oc2ccccc2)cc1. The zero-order valence-corrected chi connectivity index (χ0v) is 17.3. The second-order valence-corrected chi connectivity index (χ2v) is 9.93. The number of hydrogen-bond donors (Lipinski definition) is 1. The van der Waals surface area contributed by atoms with Crippen LogP contribution in [0, 0.1) is 11.8 Å². The lowest BCUT2D eigenvalue weighted by atomic mass is 9.95. The Bertz CT molecular complexity index is 960. The molecule has 0 saturated heterocycles. The van der Waals surface area contributed by atoms with Gasteiger partial charge in [0.15, 0.2) is 0 Å². The van der Waals surface area contributed by atoms with Crippen LogP contribution in [0.4, 0.5) is 5.69 Å².